The predicted molar refractivity (Wildman–Crippen MR) is 65.7 cm³/mol. The van der Waals surface area contributed by atoms with E-state index in [1.165, 1.54) is 6.20 Å². The van der Waals surface area contributed by atoms with Crippen LogP contribution in [-0.4, -0.2) is 41.7 Å². The molecular weight excluding hydrogens is 250 g/mol. The molecular formula is C12H19N3O4. The van der Waals surface area contributed by atoms with Crippen LogP contribution in [0, 0.1) is 0 Å². The van der Waals surface area contributed by atoms with Crippen LogP contribution < -0.4 is 16.2 Å². The number of rotatable bonds is 6. The van der Waals surface area contributed by atoms with E-state index in [1.807, 2.05) is 0 Å². The maximum absolute atomic E-state index is 11.4. The van der Waals surface area contributed by atoms with Gasteiger partial charge in [0.15, 0.2) is 0 Å². The Morgan fingerprint density at radius 3 is 2.63 bits per heavy atom. The Morgan fingerprint density at radius 1 is 1.47 bits per heavy atom. The molecule has 0 atom stereocenters. The van der Waals surface area contributed by atoms with Crippen molar-refractivity contribution < 1.29 is 25.5 Å². The fourth-order valence-electron chi connectivity index (χ4n) is 1.03. The summed E-state index contributed by atoms with van der Waals surface area (Å²) in [6.07, 6.45) is 3.35. The Bertz CT molecular complexity index is 368. The smallest absolute Gasteiger partial charge is 0.252 e. The molecule has 0 saturated heterocycles. The standard InChI is InChI=1S/C10H12N2O3.C2H7NO/c13-9(14)4-2-6-12-10(15)8-3-1-5-11-7-8;3-1-2-4/h1,3,5,7H,2,4,6H2,(H,12,15)(H,13,14);4H,1-3H2. The molecule has 19 heavy (non-hydrogen) atoms. The first-order chi connectivity index (χ1) is 9.11. The second kappa shape index (κ2) is 11.1. The Morgan fingerprint density at radius 2 is 2.16 bits per heavy atom. The van der Waals surface area contributed by atoms with E-state index in [1.54, 1.807) is 18.3 Å². The summed E-state index contributed by atoms with van der Waals surface area (Å²) in [5.41, 5.74) is 3.82. The number of nitrogens with one attached hydrogen (secondary N) is 1. The Hall–Kier alpha value is -1.99. The fourth-order valence-corrected chi connectivity index (χ4v) is 1.03. The summed E-state index contributed by atoms with van der Waals surface area (Å²) in [4.78, 5) is 25.3. The first-order valence-electron chi connectivity index (χ1n) is 5.90. The number of nitrogens with zero attached hydrogens (tertiary/aromatic N) is 1. The molecule has 7 heteroatoms. The van der Waals surface area contributed by atoms with Crippen LogP contribution in [0.25, 0.3) is 0 Å². The summed E-state index contributed by atoms with van der Waals surface area (Å²) in [6.45, 7) is 1.15. The minimum Gasteiger partial charge on any atom is -0.550 e. The van der Waals surface area contributed by atoms with Gasteiger partial charge in [0.2, 0.25) is 0 Å². The summed E-state index contributed by atoms with van der Waals surface area (Å²) in [7, 11) is 0. The third kappa shape index (κ3) is 9.69. The van der Waals surface area contributed by atoms with Gasteiger partial charge in [-0.25, -0.2) is 0 Å². The minimum atomic E-state index is -1.11. The van der Waals surface area contributed by atoms with Crippen LogP contribution in [0.2, 0.25) is 0 Å². The average molecular weight is 269 g/mol. The van der Waals surface area contributed by atoms with E-state index in [0.29, 0.717) is 25.1 Å². The molecule has 0 aliphatic rings. The minimum absolute atomic E-state index is 0.0483. The Balaban J connectivity index is 0.000000711. The van der Waals surface area contributed by atoms with E-state index in [-0.39, 0.29) is 18.9 Å². The van der Waals surface area contributed by atoms with Gasteiger partial charge in [-0.1, -0.05) is 0 Å². The van der Waals surface area contributed by atoms with E-state index in [4.69, 9.17) is 5.11 Å². The second-order valence-corrected chi connectivity index (χ2v) is 3.55. The summed E-state index contributed by atoms with van der Waals surface area (Å²) in [6, 6.07) is 3.30. The quantitative estimate of drug-likeness (QED) is 0.494. The van der Waals surface area contributed by atoms with E-state index in [9.17, 15) is 14.7 Å². The molecule has 0 aromatic carbocycles. The van der Waals surface area contributed by atoms with E-state index < -0.39 is 5.97 Å². The molecule has 1 aromatic rings. The first-order valence-corrected chi connectivity index (χ1v) is 5.90. The molecule has 0 fully saturated rings. The van der Waals surface area contributed by atoms with E-state index in [0.717, 1.165) is 0 Å². The van der Waals surface area contributed by atoms with Crippen molar-refractivity contribution in [3.05, 3.63) is 30.1 Å². The van der Waals surface area contributed by atoms with Crippen LogP contribution in [0.5, 0.6) is 0 Å². The number of amides is 1. The van der Waals surface area contributed by atoms with Crippen LogP contribution in [0.4, 0.5) is 0 Å². The lowest BCUT2D eigenvalue weighted by atomic mass is 10.2. The Labute approximate surface area is 111 Å². The number of carbonyl (C=O) groups excluding carboxylic acids is 2. The van der Waals surface area contributed by atoms with Crippen molar-refractivity contribution in [3.63, 3.8) is 0 Å². The van der Waals surface area contributed by atoms with Crippen molar-refractivity contribution in [1.82, 2.24) is 10.3 Å². The van der Waals surface area contributed by atoms with Crippen LogP contribution in [-0.2, 0) is 4.79 Å². The maximum Gasteiger partial charge on any atom is 0.252 e. The van der Waals surface area contributed by atoms with Gasteiger partial charge >= 0.3 is 0 Å². The fraction of sp³-hybridized carbons (Fsp3) is 0.417. The van der Waals surface area contributed by atoms with Crippen LogP contribution in [0.15, 0.2) is 24.5 Å². The van der Waals surface area contributed by atoms with Gasteiger partial charge in [0.25, 0.3) is 5.91 Å². The molecule has 0 unspecified atom stereocenters. The van der Waals surface area contributed by atoms with Gasteiger partial charge in [-0.2, -0.15) is 0 Å². The van der Waals surface area contributed by atoms with Crippen LogP contribution in [0.1, 0.15) is 23.2 Å². The number of aliphatic hydroxyl groups is 1. The second-order valence-electron chi connectivity index (χ2n) is 3.55. The van der Waals surface area contributed by atoms with E-state index >= 15 is 0 Å². The number of aromatic nitrogens is 1. The lowest BCUT2D eigenvalue weighted by molar-refractivity contribution is -0.372. The van der Waals surface area contributed by atoms with Gasteiger partial charge in [0.1, 0.15) is 0 Å². The highest BCUT2D eigenvalue weighted by Gasteiger charge is 2.02. The number of aliphatic carboxylic acids is 1. The van der Waals surface area contributed by atoms with Crippen molar-refractivity contribution in [2.24, 2.45) is 0 Å². The van der Waals surface area contributed by atoms with Crippen molar-refractivity contribution in [2.75, 3.05) is 19.7 Å². The third-order valence-electron chi connectivity index (χ3n) is 1.93. The molecule has 0 aliphatic carbocycles. The topological polar surface area (TPSA) is 130 Å². The first kappa shape index (κ1) is 17.0. The van der Waals surface area contributed by atoms with Crippen LogP contribution >= 0.6 is 0 Å². The van der Waals surface area contributed by atoms with Crippen molar-refractivity contribution in [1.29, 1.82) is 0 Å². The zero-order valence-electron chi connectivity index (χ0n) is 10.7. The highest BCUT2D eigenvalue weighted by atomic mass is 16.4. The van der Waals surface area contributed by atoms with Gasteiger partial charge in [-0.3, -0.25) is 9.78 Å². The number of carbonyl (C=O) groups is 2. The highest BCUT2D eigenvalue weighted by molar-refractivity contribution is 5.93. The number of carboxylic acid groups (broad SMARTS) is 1. The SMILES string of the molecule is O=C([O-])CCCNC(=O)c1cccnc1.[NH3+]CCO. The monoisotopic (exact) mass is 269 g/mol. The zero-order valence-corrected chi connectivity index (χ0v) is 10.7. The van der Waals surface area contributed by atoms with Gasteiger partial charge in [0, 0.05) is 24.9 Å². The summed E-state index contributed by atoms with van der Waals surface area (Å²) >= 11 is 0. The Kier molecular flexibility index (Phi) is 9.96. The molecule has 1 rings (SSSR count). The van der Waals surface area contributed by atoms with Crippen LogP contribution in [0.3, 0.4) is 0 Å². The number of hydrogen-bond acceptors (Lipinski definition) is 5. The lowest BCUT2D eigenvalue weighted by Crippen LogP contribution is -2.51. The number of quaternary nitrogens is 1. The average Bonchev–Trinajstić information content (AvgIpc) is 2.44. The number of aliphatic hydroxyl groups excluding tert-OH is 1. The largest absolute Gasteiger partial charge is 0.550 e. The molecule has 1 heterocycles. The number of carboxylic acids is 1. The van der Waals surface area contributed by atoms with Crippen molar-refractivity contribution in [2.45, 2.75) is 12.8 Å². The highest BCUT2D eigenvalue weighted by Crippen LogP contribution is 1.95. The van der Waals surface area contributed by atoms with Gasteiger partial charge in [-0.15, -0.1) is 0 Å². The molecule has 0 bridgehead atoms. The zero-order chi connectivity index (χ0) is 14.5. The maximum atomic E-state index is 11.4. The van der Waals surface area contributed by atoms with Gasteiger partial charge in [-0.05, 0) is 25.0 Å². The van der Waals surface area contributed by atoms with Crippen molar-refractivity contribution in [3.8, 4) is 0 Å². The van der Waals surface area contributed by atoms with Gasteiger partial charge < -0.3 is 26.1 Å². The molecule has 5 N–H and O–H groups in total. The molecule has 106 valence electrons. The van der Waals surface area contributed by atoms with Gasteiger partial charge in [0.05, 0.1) is 18.7 Å². The molecule has 0 radical (unpaired) electrons. The molecule has 1 amide bonds. The molecule has 0 saturated carbocycles. The summed E-state index contributed by atoms with van der Waals surface area (Å²) in [5, 5.41) is 20.5. The predicted octanol–water partition coefficient (Wildman–Crippen LogP) is -2.44. The molecule has 0 spiro atoms. The van der Waals surface area contributed by atoms with Crippen molar-refractivity contribution >= 4 is 11.9 Å². The third-order valence-corrected chi connectivity index (χ3v) is 1.93. The summed E-state index contributed by atoms with van der Waals surface area (Å²) in [5.74, 6) is -1.35. The lowest BCUT2D eigenvalue weighted by Gasteiger charge is -2.04. The normalized spacial score (nSPS) is 9.16. The number of pyridine rings is 1. The molecule has 1 aromatic heterocycles. The summed E-state index contributed by atoms with van der Waals surface area (Å²) < 4.78 is 0. The number of hydrogen-bond donors (Lipinski definition) is 3. The molecule has 0 aliphatic heterocycles. The van der Waals surface area contributed by atoms with E-state index in [2.05, 4.69) is 16.0 Å². The molecule has 7 nitrogen and oxygen atoms in total.